The molecule has 0 heterocycles. The van der Waals surface area contributed by atoms with Crippen LogP contribution in [0, 0.1) is 6.92 Å². The average molecular weight is 497 g/mol. The molecule has 0 bridgehead atoms. The molecule has 0 saturated carbocycles. The van der Waals surface area contributed by atoms with Crippen LogP contribution >= 0.6 is 0 Å². The molecule has 6 nitrogen and oxygen atoms in total. The lowest BCUT2D eigenvalue weighted by molar-refractivity contribution is -0.138. The summed E-state index contributed by atoms with van der Waals surface area (Å²) in [5.74, 6) is -1.16. The first-order chi connectivity index (χ1) is 15.6. The van der Waals surface area contributed by atoms with E-state index in [4.69, 9.17) is 4.74 Å². The Hall–Kier alpha value is -3.14. The number of alkyl halides is 3. The van der Waals surface area contributed by atoms with E-state index in [9.17, 15) is 26.4 Å². The minimum Gasteiger partial charge on any atom is -0.462 e. The zero-order chi connectivity index (χ0) is 25.7. The number of benzene rings is 2. The summed E-state index contributed by atoms with van der Waals surface area (Å²) in [7, 11) is -4.14. The summed E-state index contributed by atoms with van der Waals surface area (Å²) in [6.45, 7) is 8.49. The zero-order valence-corrected chi connectivity index (χ0v) is 20.3. The van der Waals surface area contributed by atoms with Gasteiger partial charge in [-0.3, -0.25) is 9.71 Å². The number of aryl methyl sites for hydroxylation is 1. The van der Waals surface area contributed by atoms with Gasteiger partial charge in [0.25, 0.3) is 10.0 Å². The third kappa shape index (κ3) is 7.72. The lowest BCUT2D eigenvalue weighted by Crippen LogP contribution is -2.36. The molecule has 2 aromatic carbocycles. The Kier molecular flexibility index (Phi) is 8.31. The molecular weight excluding hydrogens is 469 g/mol. The van der Waals surface area contributed by atoms with Gasteiger partial charge in [-0.1, -0.05) is 29.8 Å². The molecule has 34 heavy (non-hydrogen) atoms. The Bertz CT molecular complexity index is 1180. The quantitative estimate of drug-likeness (QED) is 0.260. The number of hydrogen-bond donors (Lipinski definition) is 1. The Morgan fingerprint density at radius 2 is 1.59 bits per heavy atom. The van der Waals surface area contributed by atoms with Crippen molar-refractivity contribution in [2.75, 3.05) is 6.61 Å². The summed E-state index contributed by atoms with van der Waals surface area (Å²) in [4.78, 5) is 17.1. The van der Waals surface area contributed by atoms with Crippen LogP contribution in [-0.4, -0.2) is 32.4 Å². The molecule has 0 spiro atoms. The van der Waals surface area contributed by atoms with Crippen LogP contribution in [0.1, 0.15) is 44.4 Å². The molecule has 10 heteroatoms. The molecule has 2 aromatic rings. The van der Waals surface area contributed by atoms with E-state index in [1.807, 2.05) is 6.92 Å². The SMILES string of the molecule is CCOC(=O)/C(=C/c1ccc(C(F)(F)F)cc1)C(=NC(C)(C)C)NS(=O)(=O)c1ccc(C)cc1. The van der Waals surface area contributed by atoms with Crippen molar-refractivity contribution >= 4 is 27.9 Å². The number of amidine groups is 1. The summed E-state index contributed by atoms with van der Waals surface area (Å²) in [5, 5.41) is 0. The third-order valence-corrected chi connectivity index (χ3v) is 5.66. The topological polar surface area (TPSA) is 84.8 Å². The number of nitrogens with zero attached hydrogens (tertiary/aromatic N) is 1. The molecular formula is C24H27F3N2O4S. The number of aliphatic imine (C=N–C) groups is 1. The van der Waals surface area contributed by atoms with Gasteiger partial charge in [0, 0.05) is 0 Å². The maximum absolute atomic E-state index is 13.0. The van der Waals surface area contributed by atoms with Crippen LogP contribution < -0.4 is 4.72 Å². The van der Waals surface area contributed by atoms with Crippen LogP contribution in [0.15, 0.2) is 64.0 Å². The number of ether oxygens (including phenoxy) is 1. The predicted octanol–water partition coefficient (Wildman–Crippen LogP) is 5.14. The van der Waals surface area contributed by atoms with Crippen molar-refractivity contribution in [1.29, 1.82) is 0 Å². The van der Waals surface area contributed by atoms with Crippen LogP contribution in [0.4, 0.5) is 13.2 Å². The lowest BCUT2D eigenvalue weighted by atomic mass is 10.1. The number of sulfonamides is 1. The molecule has 0 saturated heterocycles. The van der Waals surface area contributed by atoms with Crippen LogP contribution in [0.2, 0.25) is 0 Å². The van der Waals surface area contributed by atoms with E-state index >= 15 is 0 Å². The molecule has 184 valence electrons. The van der Waals surface area contributed by atoms with E-state index in [0.717, 1.165) is 17.7 Å². The summed E-state index contributed by atoms with van der Waals surface area (Å²) in [6, 6.07) is 10.2. The van der Waals surface area contributed by atoms with Crippen LogP contribution in [-0.2, 0) is 25.7 Å². The zero-order valence-electron chi connectivity index (χ0n) is 19.5. The minimum absolute atomic E-state index is 0.00328. The fourth-order valence-corrected chi connectivity index (χ4v) is 3.77. The van der Waals surface area contributed by atoms with E-state index < -0.39 is 33.3 Å². The third-order valence-electron chi connectivity index (χ3n) is 4.31. The van der Waals surface area contributed by atoms with Gasteiger partial charge in [0.15, 0.2) is 0 Å². The van der Waals surface area contributed by atoms with E-state index in [1.165, 1.54) is 30.3 Å². The summed E-state index contributed by atoms with van der Waals surface area (Å²) in [6.07, 6.45) is -3.28. The first-order valence-electron chi connectivity index (χ1n) is 10.4. The molecule has 0 aliphatic rings. The first-order valence-corrected chi connectivity index (χ1v) is 11.9. The minimum atomic E-state index is -4.52. The first kappa shape index (κ1) is 27.1. The van der Waals surface area contributed by atoms with Gasteiger partial charge in [0.05, 0.1) is 22.6 Å². The summed E-state index contributed by atoms with van der Waals surface area (Å²) < 4.78 is 72.2. The molecule has 0 aromatic heterocycles. The molecule has 0 amide bonds. The Labute approximate surface area is 197 Å². The number of esters is 1. The predicted molar refractivity (Wildman–Crippen MR) is 125 cm³/mol. The average Bonchev–Trinajstić information content (AvgIpc) is 2.70. The normalized spacial score (nSPS) is 13.5. The fraction of sp³-hybridized carbons (Fsp3) is 0.333. The van der Waals surface area contributed by atoms with E-state index in [0.29, 0.717) is 0 Å². The van der Waals surface area contributed by atoms with Crippen LogP contribution in [0.25, 0.3) is 6.08 Å². The molecule has 0 aliphatic carbocycles. The van der Waals surface area contributed by atoms with Crippen molar-refractivity contribution in [1.82, 2.24) is 4.72 Å². The van der Waals surface area contributed by atoms with Gasteiger partial charge in [-0.15, -0.1) is 0 Å². The largest absolute Gasteiger partial charge is 0.462 e. The second-order valence-electron chi connectivity index (χ2n) is 8.45. The van der Waals surface area contributed by atoms with Gasteiger partial charge in [-0.25, -0.2) is 13.2 Å². The molecule has 0 fully saturated rings. The van der Waals surface area contributed by atoms with Gasteiger partial charge < -0.3 is 4.74 Å². The van der Waals surface area contributed by atoms with E-state index in [1.54, 1.807) is 39.8 Å². The number of carbonyl (C=O) groups excluding carboxylic acids is 1. The Morgan fingerprint density at radius 1 is 1.03 bits per heavy atom. The molecule has 0 radical (unpaired) electrons. The smallest absolute Gasteiger partial charge is 0.416 e. The van der Waals surface area contributed by atoms with Crippen LogP contribution in [0.3, 0.4) is 0 Å². The number of hydrogen-bond acceptors (Lipinski definition) is 5. The van der Waals surface area contributed by atoms with Crippen LogP contribution in [0.5, 0.6) is 0 Å². The van der Waals surface area contributed by atoms with Gasteiger partial charge in [0.1, 0.15) is 11.4 Å². The van der Waals surface area contributed by atoms with Crippen molar-refractivity contribution in [3.63, 3.8) is 0 Å². The summed E-state index contributed by atoms with van der Waals surface area (Å²) >= 11 is 0. The Balaban J connectivity index is 2.61. The second kappa shape index (κ2) is 10.4. The van der Waals surface area contributed by atoms with Crippen molar-refractivity contribution < 1.29 is 31.1 Å². The highest BCUT2D eigenvalue weighted by molar-refractivity contribution is 7.90. The van der Waals surface area contributed by atoms with Gasteiger partial charge in [0.2, 0.25) is 0 Å². The number of halogens is 3. The lowest BCUT2D eigenvalue weighted by Gasteiger charge is -2.19. The maximum Gasteiger partial charge on any atom is 0.416 e. The number of carbonyl (C=O) groups is 1. The van der Waals surface area contributed by atoms with E-state index in [-0.39, 0.29) is 28.5 Å². The van der Waals surface area contributed by atoms with Gasteiger partial charge in [-0.05, 0) is 70.5 Å². The monoisotopic (exact) mass is 496 g/mol. The van der Waals surface area contributed by atoms with Crippen molar-refractivity contribution in [3.8, 4) is 0 Å². The fourth-order valence-electron chi connectivity index (χ4n) is 2.74. The van der Waals surface area contributed by atoms with Gasteiger partial charge in [-0.2, -0.15) is 13.2 Å². The number of rotatable bonds is 6. The summed E-state index contributed by atoms with van der Waals surface area (Å²) in [5.41, 5.74) is -0.820. The molecule has 0 aliphatic heterocycles. The standard InChI is InChI=1S/C24H27F3N2O4S/c1-6-33-22(30)20(15-17-9-11-18(12-10-17)24(25,26)27)21(28-23(3,4)5)29-34(31,32)19-13-7-16(2)8-14-19/h7-15H,6H2,1-5H3,(H,28,29)/b20-15+. The van der Waals surface area contributed by atoms with Gasteiger partial charge >= 0.3 is 12.1 Å². The second-order valence-corrected chi connectivity index (χ2v) is 10.1. The van der Waals surface area contributed by atoms with Crippen molar-refractivity contribution in [3.05, 3.63) is 70.8 Å². The highest BCUT2D eigenvalue weighted by atomic mass is 32.2. The van der Waals surface area contributed by atoms with E-state index in [2.05, 4.69) is 9.71 Å². The molecule has 0 unspecified atom stereocenters. The maximum atomic E-state index is 13.0. The highest BCUT2D eigenvalue weighted by Gasteiger charge is 2.30. The number of nitrogens with one attached hydrogen (secondary N) is 1. The molecule has 1 N–H and O–H groups in total. The molecule has 2 rings (SSSR count). The van der Waals surface area contributed by atoms with Crippen molar-refractivity contribution in [2.24, 2.45) is 4.99 Å². The van der Waals surface area contributed by atoms with Crippen molar-refractivity contribution in [2.45, 2.75) is 51.2 Å². The Morgan fingerprint density at radius 3 is 2.06 bits per heavy atom. The molecule has 0 atom stereocenters. The highest BCUT2D eigenvalue weighted by Crippen LogP contribution is 2.29.